The number of unbranched alkanes of at least 4 members (excludes halogenated alkanes) is 1. The number of benzene rings is 1. The van der Waals surface area contributed by atoms with Gasteiger partial charge in [0.1, 0.15) is 0 Å². The number of hydrogen-bond acceptors (Lipinski definition) is 4. The van der Waals surface area contributed by atoms with E-state index in [4.69, 9.17) is 15.6 Å². The van der Waals surface area contributed by atoms with E-state index in [1.165, 1.54) is 5.56 Å². The quantitative estimate of drug-likeness (QED) is 0.452. The molecule has 0 heterocycles. The van der Waals surface area contributed by atoms with Crippen LogP contribution in [-0.2, 0) is 22.6 Å². The molecule has 0 amide bonds. The van der Waals surface area contributed by atoms with Crippen molar-refractivity contribution < 1.29 is 14.6 Å². The van der Waals surface area contributed by atoms with Crippen LogP contribution in [0.15, 0.2) is 24.3 Å². The number of nitrogens with one attached hydrogen (secondary N) is 1. The summed E-state index contributed by atoms with van der Waals surface area (Å²) in [6, 6.07) is 8.10. The average molecular weight is 282 g/mol. The van der Waals surface area contributed by atoms with Crippen LogP contribution < -0.4 is 11.1 Å². The number of aliphatic carboxylic acids is 1. The van der Waals surface area contributed by atoms with Crippen molar-refractivity contribution in [3.05, 3.63) is 35.4 Å². The maximum Gasteiger partial charge on any atom is 0.303 e. The Kier molecular flexibility index (Phi) is 10.6. The number of nitrogens with two attached hydrogens (primary N) is 1. The predicted octanol–water partition coefficient (Wildman–Crippen LogP) is 2.10. The molecule has 0 bridgehead atoms. The lowest BCUT2D eigenvalue weighted by atomic mass is 10.1. The van der Waals surface area contributed by atoms with Crippen molar-refractivity contribution in [1.82, 2.24) is 5.32 Å². The van der Waals surface area contributed by atoms with Gasteiger partial charge in [0.2, 0.25) is 0 Å². The second kappa shape index (κ2) is 11.4. The van der Waals surface area contributed by atoms with Gasteiger partial charge in [-0.1, -0.05) is 31.7 Å². The van der Waals surface area contributed by atoms with Crippen LogP contribution in [0.2, 0.25) is 0 Å². The molecule has 5 nitrogen and oxygen atoms in total. The molecular formula is C15H26N2O3. The van der Waals surface area contributed by atoms with Crippen LogP contribution in [0.3, 0.4) is 0 Å². The van der Waals surface area contributed by atoms with E-state index in [0.717, 1.165) is 18.5 Å². The summed E-state index contributed by atoms with van der Waals surface area (Å²) in [6.07, 6.45) is 1.65. The molecule has 0 atom stereocenters. The number of carboxylic acid groups (broad SMARTS) is 1. The zero-order valence-corrected chi connectivity index (χ0v) is 11.1. The molecule has 4 N–H and O–H groups in total. The van der Waals surface area contributed by atoms with E-state index in [1.807, 2.05) is 18.2 Å². The third-order valence-electron chi connectivity index (χ3n) is 2.69. The minimum atomic E-state index is -0.752. The van der Waals surface area contributed by atoms with E-state index >= 15 is 0 Å². The van der Waals surface area contributed by atoms with Gasteiger partial charge in [0.15, 0.2) is 0 Å². The Morgan fingerprint density at radius 2 is 2.05 bits per heavy atom. The summed E-state index contributed by atoms with van der Waals surface area (Å²) in [6.45, 7) is 2.35. The lowest BCUT2D eigenvalue weighted by molar-refractivity contribution is -0.137. The van der Waals surface area contributed by atoms with Gasteiger partial charge in [-0.3, -0.25) is 10.1 Å². The summed E-state index contributed by atoms with van der Waals surface area (Å²) in [4.78, 5) is 10.3. The first kappa shape index (κ1) is 18.6. The maximum absolute atomic E-state index is 10.3. The smallest absolute Gasteiger partial charge is 0.303 e. The number of ether oxygens (including phenoxy) is 1. The number of hydrogen-bond donors (Lipinski definition) is 3. The molecule has 1 aromatic carbocycles. The summed E-state index contributed by atoms with van der Waals surface area (Å²) in [7, 11) is 0. The molecule has 0 saturated carbocycles. The Bertz CT molecular complexity index is 383. The molecule has 0 saturated heterocycles. The monoisotopic (exact) mass is 282 g/mol. The Balaban J connectivity index is 0.00000361. The Morgan fingerprint density at radius 3 is 2.75 bits per heavy atom. The van der Waals surface area contributed by atoms with E-state index in [9.17, 15) is 4.79 Å². The molecule has 0 fully saturated rings. The fourth-order valence-corrected chi connectivity index (χ4v) is 1.69. The van der Waals surface area contributed by atoms with E-state index < -0.39 is 5.97 Å². The van der Waals surface area contributed by atoms with Crippen molar-refractivity contribution in [3.63, 3.8) is 0 Å². The van der Waals surface area contributed by atoms with Crippen LogP contribution in [0.1, 0.15) is 37.8 Å². The van der Waals surface area contributed by atoms with E-state index in [0.29, 0.717) is 26.3 Å². The van der Waals surface area contributed by atoms with Crippen LogP contribution in [0.25, 0.3) is 0 Å². The number of rotatable bonds is 10. The lowest BCUT2D eigenvalue weighted by Gasteiger charge is -2.07. The zero-order chi connectivity index (χ0) is 13.9. The lowest BCUT2D eigenvalue weighted by Crippen LogP contribution is -2.18. The maximum atomic E-state index is 10.3. The van der Waals surface area contributed by atoms with Crippen LogP contribution in [0, 0.1) is 0 Å². The third-order valence-corrected chi connectivity index (χ3v) is 2.69. The highest BCUT2D eigenvalue weighted by Gasteiger charge is 1.97. The Labute approximate surface area is 121 Å². The van der Waals surface area contributed by atoms with Crippen molar-refractivity contribution in [1.29, 1.82) is 0 Å². The number of carboxylic acids is 1. The van der Waals surface area contributed by atoms with Gasteiger partial charge in [-0.25, -0.2) is 0 Å². The van der Waals surface area contributed by atoms with E-state index in [1.54, 1.807) is 0 Å². The van der Waals surface area contributed by atoms with Gasteiger partial charge >= 0.3 is 5.97 Å². The van der Waals surface area contributed by atoms with Crippen LogP contribution >= 0.6 is 0 Å². The first-order valence-corrected chi connectivity index (χ1v) is 6.50. The van der Waals surface area contributed by atoms with E-state index in [2.05, 4.69) is 11.4 Å². The molecule has 0 unspecified atom stereocenters. The molecular weight excluding hydrogens is 256 g/mol. The Morgan fingerprint density at radius 1 is 1.30 bits per heavy atom. The topological polar surface area (TPSA) is 84.6 Å². The molecule has 0 aromatic heterocycles. The van der Waals surface area contributed by atoms with Crippen molar-refractivity contribution >= 4 is 5.97 Å². The average Bonchev–Trinajstić information content (AvgIpc) is 2.41. The fraction of sp³-hybridized carbons (Fsp3) is 0.533. The van der Waals surface area contributed by atoms with Gasteiger partial charge in [-0.15, -0.1) is 0 Å². The fourth-order valence-electron chi connectivity index (χ4n) is 1.69. The molecule has 0 aliphatic heterocycles. The third kappa shape index (κ3) is 8.63. The molecule has 0 radical (unpaired) electrons. The standard InChI is InChI=1S/C14H22N2O3.CH4/c15-9-12-4-3-5-13(8-12)10-16-11-19-7-2-1-6-14(17)18;/h3-5,8,16H,1-2,6-7,9-11,15H2,(H,17,18);1H4. The molecule has 5 heteroatoms. The second-order valence-corrected chi connectivity index (χ2v) is 4.35. The van der Waals surface area contributed by atoms with Gasteiger partial charge < -0.3 is 15.6 Å². The summed E-state index contributed by atoms with van der Waals surface area (Å²) < 4.78 is 5.37. The van der Waals surface area contributed by atoms with Gasteiger partial charge in [-0.2, -0.15) is 0 Å². The summed E-state index contributed by atoms with van der Waals surface area (Å²) in [5, 5.41) is 11.6. The Hall–Kier alpha value is -1.43. The van der Waals surface area contributed by atoms with Gasteiger partial charge in [0, 0.05) is 26.1 Å². The van der Waals surface area contributed by atoms with Crippen molar-refractivity contribution in [2.75, 3.05) is 13.3 Å². The van der Waals surface area contributed by atoms with Crippen molar-refractivity contribution in [2.24, 2.45) is 5.73 Å². The molecule has 1 rings (SSSR count). The van der Waals surface area contributed by atoms with Crippen molar-refractivity contribution in [3.8, 4) is 0 Å². The highest BCUT2D eigenvalue weighted by molar-refractivity contribution is 5.66. The highest BCUT2D eigenvalue weighted by Crippen LogP contribution is 2.04. The minimum Gasteiger partial charge on any atom is -0.481 e. The molecule has 20 heavy (non-hydrogen) atoms. The first-order valence-electron chi connectivity index (χ1n) is 6.50. The molecule has 0 aliphatic rings. The van der Waals surface area contributed by atoms with Gasteiger partial charge in [0.05, 0.1) is 6.73 Å². The van der Waals surface area contributed by atoms with Gasteiger partial charge in [0.25, 0.3) is 0 Å². The zero-order valence-electron chi connectivity index (χ0n) is 11.1. The molecule has 114 valence electrons. The van der Waals surface area contributed by atoms with Crippen LogP contribution in [-0.4, -0.2) is 24.4 Å². The molecule has 1 aromatic rings. The molecule has 0 aliphatic carbocycles. The summed E-state index contributed by atoms with van der Waals surface area (Å²) in [5.41, 5.74) is 7.87. The van der Waals surface area contributed by atoms with Crippen LogP contribution in [0.5, 0.6) is 0 Å². The summed E-state index contributed by atoms with van der Waals surface area (Å²) in [5.74, 6) is -0.752. The summed E-state index contributed by atoms with van der Waals surface area (Å²) >= 11 is 0. The first-order chi connectivity index (χ1) is 9.22. The SMILES string of the molecule is C.NCc1cccc(CNCOCCCCC(=O)O)c1. The number of carbonyl (C=O) groups is 1. The van der Waals surface area contributed by atoms with Crippen LogP contribution in [0.4, 0.5) is 0 Å². The second-order valence-electron chi connectivity index (χ2n) is 4.35. The normalized spacial score (nSPS) is 10.1. The van der Waals surface area contributed by atoms with Gasteiger partial charge in [-0.05, 0) is 24.0 Å². The van der Waals surface area contributed by atoms with Crippen molar-refractivity contribution in [2.45, 2.75) is 39.8 Å². The van der Waals surface area contributed by atoms with E-state index in [-0.39, 0.29) is 13.8 Å². The predicted molar refractivity (Wildman–Crippen MR) is 80.2 cm³/mol. The largest absolute Gasteiger partial charge is 0.481 e. The minimum absolute atomic E-state index is 0. The highest BCUT2D eigenvalue weighted by atomic mass is 16.5. The molecule has 0 spiro atoms.